The summed E-state index contributed by atoms with van der Waals surface area (Å²) in [6.45, 7) is 10.8. The molecular weight excluding hydrogens is 188 g/mol. The van der Waals surface area contributed by atoms with E-state index in [1.54, 1.807) is 0 Å². The summed E-state index contributed by atoms with van der Waals surface area (Å²) in [6, 6.07) is 1.25. The monoisotopic (exact) mass is 214 g/mol. The van der Waals surface area contributed by atoms with Crippen molar-refractivity contribution in [3.63, 3.8) is 0 Å². The highest BCUT2D eigenvalue weighted by molar-refractivity contribution is 4.84. The number of nitrogens with zero attached hydrogens (tertiary/aromatic N) is 1. The van der Waals surface area contributed by atoms with Crippen molar-refractivity contribution >= 4 is 0 Å². The molecular formula is C12H26N2O. The van der Waals surface area contributed by atoms with E-state index < -0.39 is 0 Å². The molecule has 0 saturated carbocycles. The molecule has 1 aliphatic rings. The molecule has 3 heteroatoms. The van der Waals surface area contributed by atoms with Crippen LogP contribution in [0.15, 0.2) is 0 Å². The van der Waals surface area contributed by atoms with Crippen LogP contribution in [0.1, 0.15) is 27.2 Å². The normalized spacial score (nSPS) is 25.8. The van der Waals surface area contributed by atoms with Gasteiger partial charge in [-0.15, -0.1) is 0 Å². The van der Waals surface area contributed by atoms with Crippen molar-refractivity contribution in [1.29, 1.82) is 0 Å². The van der Waals surface area contributed by atoms with Gasteiger partial charge in [-0.3, -0.25) is 4.90 Å². The Kier molecular flexibility index (Phi) is 5.58. The molecule has 3 nitrogen and oxygen atoms in total. The molecule has 1 rings (SSSR count). The summed E-state index contributed by atoms with van der Waals surface area (Å²) < 4.78 is 5.55. The van der Waals surface area contributed by atoms with Crippen molar-refractivity contribution in [3.8, 4) is 0 Å². The molecule has 1 fully saturated rings. The molecule has 1 heterocycles. The van der Waals surface area contributed by atoms with Crippen LogP contribution in [-0.2, 0) is 4.74 Å². The van der Waals surface area contributed by atoms with E-state index in [2.05, 4.69) is 31.0 Å². The number of ether oxygens (including phenoxy) is 1. The SMILES string of the molecule is CCC1COCCN1C(CNC)C(C)C. The molecule has 0 bridgehead atoms. The molecule has 1 aliphatic heterocycles. The Morgan fingerprint density at radius 2 is 2.20 bits per heavy atom. The number of morpholine rings is 1. The molecule has 15 heavy (non-hydrogen) atoms. The highest BCUT2D eigenvalue weighted by atomic mass is 16.5. The maximum atomic E-state index is 5.55. The van der Waals surface area contributed by atoms with Crippen molar-refractivity contribution in [3.05, 3.63) is 0 Å². The molecule has 0 spiro atoms. The molecule has 0 radical (unpaired) electrons. The maximum Gasteiger partial charge on any atom is 0.0622 e. The molecule has 2 unspecified atom stereocenters. The van der Waals surface area contributed by atoms with Gasteiger partial charge < -0.3 is 10.1 Å². The van der Waals surface area contributed by atoms with Crippen molar-refractivity contribution in [1.82, 2.24) is 10.2 Å². The molecule has 90 valence electrons. The van der Waals surface area contributed by atoms with Crippen molar-refractivity contribution < 1.29 is 4.74 Å². The Hall–Kier alpha value is -0.120. The molecule has 0 aromatic heterocycles. The van der Waals surface area contributed by atoms with E-state index in [9.17, 15) is 0 Å². The van der Waals surface area contributed by atoms with Crippen molar-refractivity contribution in [2.24, 2.45) is 5.92 Å². The highest BCUT2D eigenvalue weighted by Gasteiger charge is 2.29. The number of hydrogen-bond acceptors (Lipinski definition) is 3. The zero-order chi connectivity index (χ0) is 11.3. The third-order valence-corrected chi connectivity index (χ3v) is 3.35. The fourth-order valence-corrected chi connectivity index (χ4v) is 2.40. The van der Waals surface area contributed by atoms with Crippen molar-refractivity contribution in [2.45, 2.75) is 39.3 Å². The second-order valence-electron chi connectivity index (χ2n) is 4.74. The summed E-state index contributed by atoms with van der Waals surface area (Å²) in [5.74, 6) is 0.699. The Morgan fingerprint density at radius 1 is 1.47 bits per heavy atom. The van der Waals surface area contributed by atoms with Gasteiger partial charge in [-0.2, -0.15) is 0 Å². The molecule has 2 atom stereocenters. The summed E-state index contributed by atoms with van der Waals surface area (Å²) in [5.41, 5.74) is 0. The number of hydrogen-bond donors (Lipinski definition) is 1. The van der Waals surface area contributed by atoms with Crippen LogP contribution in [0.2, 0.25) is 0 Å². The van der Waals surface area contributed by atoms with E-state index in [0.29, 0.717) is 18.0 Å². The van der Waals surface area contributed by atoms with Gasteiger partial charge in [0.25, 0.3) is 0 Å². The zero-order valence-electron chi connectivity index (χ0n) is 10.6. The Balaban J connectivity index is 2.61. The predicted octanol–water partition coefficient (Wildman–Crippen LogP) is 1.34. The van der Waals surface area contributed by atoms with E-state index in [1.807, 2.05) is 7.05 Å². The lowest BCUT2D eigenvalue weighted by Crippen LogP contribution is -2.55. The first-order chi connectivity index (χ1) is 7.20. The second kappa shape index (κ2) is 6.46. The van der Waals surface area contributed by atoms with Crippen LogP contribution in [0.25, 0.3) is 0 Å². The quantitative estimate of drug-likeness (QED) is 0.747. The smallest absolute Gasteiger partial charge is 0.0622 e. The minimum absolute atomic E-state index is 0.611. The summed E-state index contributed by atoms with van der Waals surface area (Å²) in [6.07, 6.45) is 1.19. The van der Waals surface area contributed by atoms with Crippen LogP contribution < -0.4 is 5.32 Å². The van der Waals surface area contributed by atoms with Gasteiger partial charge in [0, 0.05) is 25.2 Å². The fourth-order valence-electron chi connectivity index (χ4n) is 2.40. The number of nitrogens with one attached hydrogen (secondary N) is 1. The number of likely N-dealkylation sites (N-methyl/N-ethyl adjacent to an activating group) is 1. The lowest BCUT2D eigenvalue weighted by molar-refractivity contribution is -0.0386. The Morgan fingerprint density at radius 3 is 2.73 bits per heavy atom. The number of rotatable bonds is 5. The van der Waals surface area contributed by atoms with E-state index in [1.165, 1.54) is 6.42 Å². The summed E-state index contributed by atoms with van der Waals surface area (Å²) in [7, 11) is 2.04. The van der Waals surface area contributed by atoms with Crippen molar-refractivity contribution in [2.75, 3.05) is 33.4 Å². The Labute approximate surface area is 94.2 Å². The minimum atomic E-state index is 0.611. The van der Waals surface area contributed by atoms with E-state index >= 15 is 0 Å². The van der Waals surface area contributed by atoms with Gasteiger partial charge in [-0.05, 0) is 19.4 Å². The summed E-state index contributed by atoms with van der Waals surface area (Å²) >= 11 is 0. The maximum absolute atomic E-state index is 5.55. The molecule has 0 aromatic carbocycles. The van der Waals surface area contributed by atoms with Gasteiger partial charge in [-0.1, -0.05) is 20.8 Å². The van der Waals surface area contributed by atoms with Crippen LogP contribution in [0.4, 0.5) is 0 Å². The van der Waals surface area contributed by atoms with Gasteiger partial charge in [0.1, 0.15) is 0 Å². The summed E-state index contributed by atoms with van der Waals surface area (Å²) in [5, 5.41) is 3.31. The third-order valence-electron chi connectivity index (χ3n) is 3.35. The van der Waals surface area contributed by atoms with Gasteiger partial charge in [-0.25, -0.2) is 0 Å². The van der Waals surface area contributed by atoms with E-state index in [-0.39, 0.29) is 0 Å². The first-order valence-electron chi connectivity index (χ1n) is 6.18. The Bertz CT molecular complexity index is 173. The fraction of sp³-hybridized carbons (Fsp3) is 1.00. The highest BCUT2D eigenvalue weighted by Crippen LogP contribution is 2.18. The van der Waals surface area contributed by atoms with Gasteiger partial charge in [0.15, 0.2) is 0 Å². The van der Waals surface area contributed by atoms with Gasteiger partial charge >= 0.3 is 0 Å². The zero-order valence-corrected chi connectivity index (χ0v) is 10.6. The largest absolute Gasteiger partial charge is 0.378 e. The average Bonchev–Trinajstić information content (AvgIpc) is 2.25. The molecule has 1 N–H and O–H groups in total. The standard InChI is InChI=1S/C12H26N2O/c1-5-11-9-15-7-6-14(11)12(8-13-4)10(2)3/h10-13H,5-9H2,1-4H3. The third kappa shape index (κ3) is 3.44. The first kappa shape index (κ1) is 12.9. The van der Waals surface area contributed by atoms with Crippen LogP contribution in [-0.4, -0.2) is 50.3 Å². The van der Waals surface area contributed by atoms with E-state index in [4.69, 9.17) is 4.74 Å². The average molecular weight is 214 g/mol. The molecule has 0 aliphatic carbocycles. The predicted molar refractivity (Wildman–Crippen MR) is 64.2 cm³/mol. The topological polar surface area (TPSA) is 24.5 Å². The summed E-state index contributed by atoms with van der Waals surface area (Å²) in [4.78, 5) is 2.63. The van der Waals surface area contributed by atoms with E-state index in [0.717, 1.165) is 26.3 Å². The lowest BCUT2D eigenvalue weighted by Gasteiger charge is -2.42. The van der Waals surface area contributed by atoms with Crippen LogP contribution in [0.5, 0.6) is 0 Å². The minimum Gasteiger partial charge on any atom is -0.378 e. The van der Waals surface area contributed by atoms with Gasteiger partial charge in [0.05, 0.1) is 13.2 Å². The molecule has 0 amide bonds. The first-order valence-corrected chi connectivity index (χ1v) is 6.18. The van der Waals surface area contributed by atoms with Crippen LogP contribution >= 0.6 is 0 Å². The molecule has 0 aromatic rings. The van der Waals surface area contributed by atoms with Crippen LogP contribution in [0, 0.1) is 5.92 Å². The molecule has 1 saturated heterocycles. The van der Waals surface area contributed by atoms with Crippen LogP contribution in [0.3, 0.4) is 0 Å². The second-order valence-corrected chi connectivity index (χ2v) is 4.74. The van der Waals surface area contributed by atoms with Gasteiger partial charge in [0.2, 0.25) is 0 Å². The lowest BCUT2D eigenvalue weighted by atomic mass is 9.99.